The Kier molecular flexibility index (Phi) is 5.61. The fourth-order valence-corrected chi connectivity index (χ4v) is 3.50. The molecule has 0 aromatic heterocycles. The largest absolute Gasteiger partial charge is 0.469 e. The first-order valence-corrected chi connectivity index (χ1v) is 8.90. The molecule has 0 aliphatic carbocycles. The van der Waals surface area contributed by atoms with Crippen LogP contribution < -0.4 is 4.18 Å². The topological polar surface area (TPSA) is 113 Å². The lowest BCUT2D eigenvalue weighted by Gasteiger charge is -2.11. The molecule has 0 amide bonds. The summed E-state index contributed by atoms with van der Waals surface area (Å²) in [5.74, 6) is -0.392. The normalized spacial score (nSPS) is 11.0. The van der Waals surface area contributed by atoms with Gasteiger partial charge in [0.15, 0.2) is 0 Å². The SMILES string of the molecule is COC(=O)Cc1ccc(OS(=O)(=O)c2cc([N+](=O)[O-])cc(C)c2C)cc1. The second kappa shape index (κ2) is 7.52. The lowest BCUT2D eigenvalue weighted by Crippen LogP contribution is -2.12. The van der Waals surface area contributed by atoms with Crippen molar-refractivity contribution in [3.05, 3.63) is 63.2 Å². The maximum Gasteiger partial charge on any atom is 0.339 e. The zero-order chi connectivity index (χ0) is 19.5. The fraction of sp³-hybridized carbons (Fsp3) is 0.235. The van der Waals surface area contributed by atoms with Gasteiger partial charge in [0, 0.05) is 12.1 Å². The third-order valence-corrected chi connectivity index (χ3v) is 5.16. The Morgan fingerprint density at radius 3 is 2.31 bits per heavy atom. The predicted octanol–water partition coefficient (Wildman–Crippen LogP) is 2.69. The van der Waals surface area contributed by atoms with Crippen LogP contribution in [0.4, 0.5) is 5.69 Å². The molecule has 0 aliphatic heterocycles. The number of nitro benzene ring substituents is 1. The lowest BCUT2D eigenvalue weighted by atomic mass is 10.1. The van der Waals surface area contributed by atoms with E-state index >= 15 is 0 Å². The van der Waals surface area contributed by atoms with Gasteiger partial charge in [0.05, 0.1) is 18.5 Å². The lowest BCUT2D eigenvalue weighted by molar-refractivity contribution is -0.385. The van der Waals surface area contributed by atoms with E-state index in [1.165, 1.54) is 37.4 Å². The Hall–Kier alpha value is -2.94. The molecule has 0 radical (unpaired) electrons. The second-order valence-electron chi connectivity index (χ2n) is 5.58. The van der Waals surface area contributed by atoms with Crippen molar-refractivity contribution >= 4 is 21.8 Å². The second-order valence-corrected chi connectivity index (χ2v) is 7.09. The number of carbonyl (C=O) groups excluding carboxylic acids is 1. The summed E-state index contributed by atoms with van der Waals surface area (Å²) < 4.78 is 34.7. The molecule has 2 rings (SSSR count). The van der Waals surface area contributed by atoms with Crippen molar-refractivity contribution in [2.75, 3.05) is 7.11 Å². The number of nitrogens with zero attached hydrogens (tertiary/aromatic N) is 1. The summed E-state index contributed by atoms with van der Waals surface area (Å²) in [5, 5.41) is 11.0. The van der Waals surface area contributed by atoms with Crippen LogP contribution in [0.25, 0.3) is 0 Å². The first-order chi connectivity index (χ1) is 12.1. The summed E-state index contributed by atoms with van der Waals surface area (Å²) in [7, 11) is -2.99. The number of rotatable bonds is 6. The van der Waals surface area contributed by atoms with Gasteiger partial charge in [0.2, 0.25) is 0 Å². The summed E-state index contributed by atoms with van der Waals surface area (Å²) in [4.78, 5) is 21.3. The highest BCUT2D eigenvalue weighted by Gasteiger charge is 2.24. The number of non-ortho nitro benzene ring substituents is 1. The van der Waals surface area contributed by atoms with Gasteiger partial charge in [-0.3, -0.25) is 14.9 Å². The van der Waals surface area contributed by atoms with E-state index in [9.17, 15) is 23.3 Å². The average molecular weight is 379 g/mol. The third-order valence-electron chi connectivity index (χ3n) is 3.79. The Labute approximate surface area is 150 Å². The zero-order valence-electron chi connectivity index (χ0n) is 14.4. The van der Waals surface area contributed by atoms with E-state index < -0.39 is 21.0 Å². The van der Waals surface area contributed by atoms with Gasteiger partial charge in [-0.25, -0.2) is 0 Å². The van der Waals surface area contributed by atoms with Crippen LogP contribution in [-0.4, -0.2) is 26.4 Å². The van der Waals surface area contributed by atoms with Crippen molar-refractivity contribution in [1.29, 1.82) is 0 Å². The minimum atomic E-state index is -4.26. The van der Waals surface area contributed by atoms with Crippen LogP contribution >= 0.6 is 0 Å². The van der Waals surface area contributed by atoms with Gasteiger partial charge in [-0.15, -0.1) is 0 Å². The summed E-state index contributed by atoms with van der Waals surface area (Å²) >= 11 is 0. The number of methoxy groups -OCH3 is 1. The number of hydrogen-bond donors (Lipinski definition) is 0. The Morgan fingerprint density at radius 1 is 1.15 bits per heavy atom. The molecule has 0 spiro atoms. The van der Waals surface area contributed by atoms with Crippen molar-refractivity contribution in [1.82, 2.24) is 0 Å². The Bertz CT molecular complexity index is 950. The number of hydrogen-bond acceptors (Lipinski definition) is 7. The highest BCUT2D eigenvalue weighted by Crippen LogP contribution is 2.28. The highest BCUT2D eigenvalue weighted by molar-refractivity contribution is 7.87. The van der Waals surface area contributed by atoms with Crippen LogP contribution in [0, 0.1) is 24.0 Å². The van der Waals surface area contributed by atoms with Crippen molar-refractivity contribution in [2.45, 2.75) is 25.2 Å². The van der Waals surface area contributed by atoms with E-state index in [-0.39, 0.29) is 22.8 Å². The first-order valence-electron chi connectivity index (χ1n) is 7.50. The minimum Gasteiger partial charge on any atom is -0.469 e. The maximum atomic E-state index is 12.5. The van der Waals surface area contributed by atoms with Crippen LogP contribution in [0.15, 0.2) is 41.3 Å². The molecule has 8 nitrogen and oxygen atoms in total. The number of esters is 1. The molecule has 9 heteroatoms. The van der Waals surface area contributed by atoms with Gasteiger partial charge in [0.25, 0.3) is 5.69 Å². The van der Waals surface area contributed by atoms with E-state index in [0.717, 1.165) is 6.07 Å². The number of aryl methyl sites for hydroxylation is 1. The molecule has 2 aromatic rings. The molecule has 0 N–H and O–H groups in total. The zero-order valence-corrected chi connectivity index (χ0v) is 15.2. The molecular formula is C17H17NO7S. The molecule has 0 heterocycles. The van der Waals surface area contributed by atoms with Gasteiger partial charge in [-0.05, 0) is 42.7 Å². The molecule has 0 aliphatic rings. The monoisotopic (exact) mass is 379 g/mol. The van der Waals surface area contributed by atoms with Gasteiger partial charge in [0.1, 0.15) is 10.6 Å². The minimum absolute atomic E-state index is 0.0298. The Morgan fingerprint density at radius 2 is 1.77 bits per heavy atom. The average Bonchev–Trinajstić information content (AvgIpc) is 2.58. The molecule has 0 bridgehead atoms. The highest BCUT2D eigenvalue weighted by atomic mass is 32.2. The number of ether oxygens (including phenoxy) is 1. The fourth-order valence-electron chi connectivity index (χ4n) is 2.25. The van der Waals surface area contributed by atoms with E-state index in [1.54, 1.807) is 13.8 Å². The van der Waals surface area contributed by atoms with Crippen molar-refractivity contribution in [2.24, 2.45) is 0 Å². The molecule has 0 saturated heterocycles. The van der Waals surface area contributed by atoms with Crippen LogP contribution in [0.5, 0.6) is 5.75 Å². The quantitative estimate of drug-likeness (QED) is 0.328. The van der Waals surface area contributed by atoms with Crippen LogP contribution in [0.3, 0.4) is 0 Å². The first kappa shape index (κ1) is 19.4. The molecule has 0 fully saturated rings. The molecule has 138 valence electrons. The van der Waals surface area contributed by atoms with Gasteiger partial charge < -0.3 is 8.92 Å². The van der Waals surface area contributed by atoms with E-state index in [0.29, 0.717) is 16.7 Å². The third kappa shape index (κ3) is 4.37. The summed E-state index contributed by atoms with van der Waals surface area (Å²) in [5.41, 5.74) is 1.14. The number of nitro groups is 1. The maximum absolute atomic E-state index is 12.5. The molecule has 0 unspecified atom stereocenters. The van der Waals surface area contributed by atoms with Crippen molar-refractivity contribution in [3.63, 3.8) is 0 Å². The van der Waals surface area contributed by atoms with Crippen LogP contribution in [-0.2, 0) is 26.1 Å². The molecule has 2 aromatic carbocycles. The van der Waals surface area contributed by atoms with Crippen molar-refractivity contribution in [3.8, 4) is 5.75 Å². The van der Waals surface area contributed by atoms with Crippen LogP contribution in [0.2, 0.25) is 0 Å². The standard InChI is InChI=1S/C17H17NO7S/c1-11-8-14(18(20)21)10-16(12(11)2)26(22,23)25-15-6-4-13(5-7-15)9-17(19)24-3/h4-8,10H,9H2,1-3H3. The summed E-state index contributed by atoms with van der Waals surface area (Å²) in [6.07, 6.45) is 0.0483. The van der Waals surface area contributed by atoms with Gasteiger partial charge in [-0.1, -0.05) is 12.1 Å². The van der Waals surface area contributed by atoms with E-state index in [1.807, 2.05) is 0 Å². The smallest absolute Gasteiger partial charge is 0.339 e. The van der Waals surface area contributed by atoms with E-state index in [4.69, 9.17) is 4.18 Å². The number of benzene rings is 2. The van der Waals surface area contributed by atoms with Gasteiger partial charge >= 0.3 is 16.1 Å². The molecule has 26 heavy (non-hydrogen) atoms. The number of carbonyl (C=O) groups is 1. The Balaban J connectivity index is 2.32. The summed E-state index contributed by atoms with van der Waals surface area (Å²) in [6, 6.07) is 8.14. The predicted molar refractivity (Wildman–Crippen MR) is 92.5 cm³/mol. The van der Waals surface area contributed by atoms with E-state index in [2.05, 4.69) is 4.74 Å². The molecular weight excluding hydrogens is 362 g/mol. The summed E-state index contributed by atoms with van der Waals surface area (Å²) in [6.45, 7) is 3.14. The van der Waals surface area contributed by atoms with Gasteiger partial charge in [-0.2, -0.15) is 8.42 Å². The molecule has 0 atom stereocenters. The van der Waals surface area contributed by atoms with Crippen LogP contribution in [0.1, 0.15) is 16.7 Å². The van der Waals surface area contributed by atoms with Crippen molar-refractivity contribution < 1.29 is 27.1 Å². The molecule has 0 saturated carbocycles.